The molecule has 35 heavy (non-hydrogen) atoms. The number of H-pyrrole nitrogens is 1. The van der Waals surface area contributed by atoms with Gasteiger partial charge in [-0.2, -0.15) is 0 Å². The van der Waals surface area contributed by atoms with Gasteiger partial charge in [0.05, 0.1) is 12.5 Å². The number of para-hydroxylation sites is 2. The van der Waals surface area contributed by atoms with Crippen molar-refractivity contribution in [1.82, 2.24) is 10.3 Å². The molecule has 3 N–H and O–H groups in total. The molecule has 3 aromatic carbocycles. The van der Waals surface area contributed by atoms with Crippen molar-refractivity contribution in [3.63, 3.8) is 0 Å². The number of amides is 2. The molecular weight excluding hydrogens is 442 g/mol. The Morgan fingerprint density at radius 3 is 2.46 bits per heavy atom. The minimum Gasteiger partial charge on any atom is -0.481 e. The van der Waals surface area contributed by atoms with Gasteiger partial charge in [0.1, 0.15) is 11.7 Å². The molecule has 0 saturated heterocycles. The van der Waals surface area contributed by atoms with Crippen LogP contribution in [0.25, 0.3) is 10.9 Å². The number of aromatic nitrogens is 1. The number of anilines is 1. The van der Waals surface area contributed by atoms with Crippen molar-refractivity contribution < 1.29 is 19.5 Å². The molecule has 7 nitrogen and oxygen atoms in total. The first kappa shape index (κ1) is 22.4. The second kappa shape index (κ2) is 9.46. The molecule has 4 aromatic rings. The first-order chi connectivity index (χ1) is 17.0. The number of aromatic amines is 1. The monoisotopic (exact) mass is 467 g/mol. The predicted octanol–water partition coefficient (Wildman–Crippen LogP) is 3.94. The van der Waals surface area contributed by atoms with Crippen molar-refractivity contribution in [1.29, 1.82) is 0 Å². The first-order valence-electron chi connectivity index (χ1n) is 11.5. The number of nitrogens with one attached hydrogen (secondary N) is 2. The highest BCUT2D eigenvalue weighted by Crippen LogP contribution is 2.34. The Morgan fingerprint density at radius 1 is 0.971 bits per heavy atom. The zero-order valence-electron chi connectivity index (χ0n) is 19.0. The van der Waals surface area contributed by atoms with Crippen molar-refractivity contribution in [3.8, 4) is 0 Å². The number of carboxylic acid groups (broad SMARTS) is 1. The average molecular weight is 468 g/mol. The van der Waals surface area contributed by atoms with Gasteiger partial charge in [0.2, 0.25) is 5.91 Å². The molecule has 0 radical (unpaired) electrons. The Hall–Kier alpha value is -4.39. The van der Waals surface area contributed by atoms with Gasteiger partial charge in [-0.1, -0.05) is 66.7 Å². The van der Waals surface area contributed by atoms with Crippen LogP contribution in [0.4, 0.5) is 5.69 Å². The standard InChI is InChI=1S/C28H25N3O4/c32-26(33)17-21-15-20-11-5-7-13-25(20)31(21)28(35)24(14-18-8-2-1-3-9-18)30-27(34)23-16-19-10-4-6-12-22(19)29-23/h1-13,16,21,24,29H,14-15,17H2,(H,30,34)(H,32,33)/t21-,24?/m1/s1. The van der Waals surface area contributed by atoms with Gasteiger partial charge in [-0.25, -0.2) is 0 Å². The maximum Gasteiger partial charge on any atom is 0.305 e. The minimum atomic E-state index is -0.970. The molecule has 0 aliphatic carbocycles. The summed E-state index contributed by atoms with van der Waals surface area (Å²) in [5.74, 6) is -1.69. The van der Waals surface area contributed by atoms with Crippen LogP contribution in [0.5, 0.6) is 0 Å². The molecular formula is C28H25N3O4. The molecule has 2 amide bonds. The van der Waals surface area contributed by atoms with Crippen LogP contribution < -0.4 is 10.2 Å². The van der Waals surface area contributed by atoms with Gasteiger partial charge in [-0.05, 0) is 35.7 Å². The topological polar surface area (TPSA) is 102 Å². The van der Waals surface area contributed by atoms with Gasteiger partial charge >= 0.3 is 5.97 Å². The summed E-state index contributed by atoms with van der Waals surface area (Å²) >= 11 is 0. The number of benzene rings is 3. The number of hydrogen-bond acceptors (Lipinski definition) is 3. The summed E-state index contributed by atoms with van der Waals surface area (Å²) in [6.45, 7) is 0. The van der Waals surface area contributed by atoms with Crippen molar-refractivity contribution in [3.05, 3.63) is 102 Å². The van der Waals surface area contributed by atoms with Crippen LogP contribution in [-0.2, 0) is 22.4 Å². The van der Waals surface area contributed by atoms with Crippen LogP contribution in [0.3, 0.4) is 0 Å². The normalized spacial score (nSPS) is 15.5. The van der Waals surface area contributed by atoms with Gasteiger partial charge in [-0.3, -0.25) is 14.4 Å². The lowest BCUT2D eigenvalue weighted by molar-refractivity contribution is -0.137. The number of aliphatic carboxylic acids is 1. The van der Waals surface area contributed by atoms with Gasteiger partial charge in [0, 0.05) is 23.0 Å². The van der Waals surface area contributed by atoms with Gasteiger partial charge in [0.15, 0.2) is 0 Å². The van der Waals surface area contributed by atoms with Crippen molar-refractivity contribution in [2.45, 2.75) is 31.3 Å². The summed E-state index contributed by atoms with van der Waals surface area (Å²) in [5.41, 5.74) is 3.71. The van der Waals surface area contributed by atoms with Crippen LogP contribution in [0.2, 0.25) is 0 Å². The van der Waals surface area contributed by atoms with E-state index in [0.717, 1.165) is 22.0 Å². The number of carboxylic acids is 1. The molecule has 0 saturated carbocycles. The molecule has 1 aliphatic heterocycles. The third kappa shape index (κ3) is 4.66. The average Bonchev–Trinajstić information content (AvgIpc) is 3.44. The van der Waals surface area contributed by atoms with Crippen LogP contribution in [0.1, 0.15) is 28.0 Å². The summed E-state index contributed by atoms with van der Waals surface area (Å²) in [4.78, 5) is 43.4. The van der Waals surface area contributed by atoms with E-state index in [4.69, 9.17) is 0 Å². The fraction of sp³-hybridized carbons (Fsp3) is 0.179. The third-order valence-electron chi connectivity index (χ3n) is 6.38. The maximum absolute atomic E-state index is 14.0. The van der Waals surface area contributed by atoms with E-state index in [0.29, 0.717) is 17.8 Å². The fourth-order valence-electron chi connectivity index (χ4n) is 4.77. The summed E-state index contributed by atoms with van der Waals surface area (Å²) in [5, 5.41) is 13.3. The molecule has 1 unspecified atom stereocenters. The van der Waals surface area contributed by atoms with E-state index in [2.05, 4.69) is 10.3 Å². The number of rotatable bonds is 7. The van der Waals surface area contributed by atoms with E-state index < -0.39 is 24.0 Å². The summed E-state index contributed by atoms with van der Waals surface area (Å²) in [6.07, 6.45) is 0.570. The fourth-order valence-corrected chi connectivity index (χ4v) is 4.77. The Kier molecular flexibility index (Phi) is 6.06. The molecule has 2 atom stereocenters. The van der Waals surface area contributed by atoms with Gasteiger partial charge in [-0.15, -0.1) is 0 Å². The summed E-state index contributed by atoms with van der Waals surface area (Å²) in [7, 11) is 0. The Labute approximate surface area is 202 Å². The second-order valence-electron chi connectivity index (χ2n) is 8.78. The summed E-state index contributed by atoms with van der Waals surface area (Å²) < 4.78 is 0. The largest absolute Gasteiger partial charge is 0.481 e. The molecule has 7 heteroatoms. The zero-order valence-corrected chi connectivity index (χ0v) is 19.0. The van der Waals surface area contributed by atoms with E-state index in [-0.39, 0.29) is 18.7 Å². The Morgan fingerprint density at radius 2 is 1.69 bits per heavy atom. The molecule has 1 aliphatic rings. The lowest BCUT2D eigenvalue weighted by Gasteiger charge is -2.29. The van der Waals surface area contributed by atoms with Crippen LogP contribution >= 0.6 is 0 Å². The van der Waals surface area contributed by atoms with Crippen molar-refractivity contribution >= 4 is 34.4 Å². The second-order valence-corrected chi connectivity index (χ2v) is 8.78. The molecule has 2 heterocycles. The van der Waals surface area contributed by atoms with Crippen molar-refractivity contribution in [2.75, 3.05) is 4.90 Å². The number of carbonyl (C=O) groups excluding carboxylic acids is 2. The molecule has 0 fully saturated rings. The van der Waals surface area contributed by atoms with Crippen LogP contribution in [0, 0.1) is 0 Å². The van der Waals surface area contributed by atoms with Crippen LogP contribution in [-0.4, -0.2) is 40.0 Å². The maximum atomic E-state index is 14.0. The van der Waals surface area contributed by atoms with E-state index in [9.17, 15) is 19.5 Å². The summed E-state index contributed by atoms with van der Waals surface area (Å²) in [6, 6.07) is 24.9. The lowest BCUT2D eigenvalue weighted by atomic mass is 10.0. The van der Waals surface area contributed by atoms with E-state index in [1.165, 1.54) is 0 Å². The highest BCUT2D eigenvalue weighted by Gasteiger charge is 2.38. The first-order valence-corrected chi connectivity index (χ1v) is 11.5. The molecule has 1 aromatic heterocycles. The van der Waals surface area contributed by atoms with Gasteiger partial charge in [0.25, 0.3) is 5.91 Å². The Balaban J connectivity index is 1.47. The number of carbonyl (C=O) groups is 3. The highest BCUT2D eigenvalue weighted by molar-refractivity contribution is 6.05. The molecule has 5 rings (SSSR count). The van der Waals surface area contributed by atoms with Gasteiger partial charge < -0.3 is 20.3 Å². The van der Waals surface area contributed by atoms with E-state index in [1.807, 2.05) is 78.9 Å². The predicted molar refractivity (Wildman–Crippen MR) is 133 cm³/mol. The SMILES string of the molecule is O=C(O)C[C@H]1Cc2ccccc2N1C(=O)C(Cc1ccccc1)NC(=O)c1cc2ccccc2[nH]1. The molecule has 0 bridgehead atoms. The third-order valence-corrected chi connectivity index (χ3v) is 6.38. The quantitative estimate of drug-likeness (QED) is 0.383. The number of fused-ring (bicyclic) bond motifs is 2. The lowest BCUT2D eigenvalue weighted by Crippen LogP contribution is -2.52. The van der Waals surface area contributed by atoms with E-state index in [1.54, 1.807) is 11.0 Å². The molecule has 0 spiro atoms. The number of hydrogen-bond donors (Lipinski definition) is 3. The highest BCUT2D eigenvalue weighted by atomic mass is 16.4. The minimum absolute atomic E-state index is 0.172. The molecule has 176 valence electrons. The Bertz CT molecular complexity index is 1360. The van der Waals surface area contributed by atoms with E-state index >= 15 is 0 Å². The number of nitrogens with zero attached hydrogens (tertiary/aromatic N) is 1. The smallest absolute Gasteiger partial charge is 0.305 e. The van der Waals surface area contributed by atoms with Crippen molar-refractivity contribution in [2.24, 2.45) is 0 Å². The zero-order chi connectivity index (χ0) is 24.4. The van der Waals surface area contributed by atoms with Crippen LogP contribution in [0.15, 0.2) is 84.9 Å².